The molecule has 0 radical (unpaired) electrons. The Hall–Kier alpha value is -10.7. The number of nitrogens with one attached hydrogen (secondary N) is 10. The molecule has 6 heterocycles. The summed E-state index contributed by atoms with van der Waals surface area (Å²) in [4.78, 5) is 140. The largest absolute Gasteiger partial charge is 0.508 e. The number of anilines is 1. The molecule has 6 aromatic carbocycles. The number of ether oxygens (including phenoxy) is 7. The topological polar surface area (TPSA) is 530 Å². The third-order valence-electron chi connectivity index (χ3n) is 23.2. The first kappa shape index (κ1) is 89.1. The summed E-state index contributed by atoms with van der Waals surface area (Å²) in [6, 6.07) is 4.86. The average Bonchev–Trinajstić information content (AvgIpc) is 0.764. The number of imide groups is 1. The third-order valence-corrected chi connectivity index (χ3v) is 23.8. The highest BCUT2D eigenvalue weighted by molar-refractivity contribution is 6.32. The van der Waals surface area contributed by atoms with Gasteiger partial charge in [0.15, 0.2) is 11.5 Å². The van der Waals surface area contributed by atoms with E-state index in [9.17, 15) is 55.2 Å². The van der Waals surface area contributed by atoms with Gasteiger partial charge in [-0.1, -0.05) is 55.2 Å². The van der Waals surface area contributed by atoms with Crippen LogP contribution < -0.4 is 77.8 Å². The van der Waals surface area contributed by atoms with Gasteiger partial charge in [0, 0.05) is 69.3 Å². The number of phenolic OH excluding ortho intramolecular Hbond substituents is 3. The lowest BCUT2D eigenvalue weighted by atomic mass is 9.54. The van der Waals surface area contributed by atoms with Crippen LogP contribution in [-0.2, 0) is 52.6 Å². The van der Waals surface area contributed by atoms with Crippen LogP contribution in [0.5, 0.6) is 51.7 Å². The minimum absolute atomic E-state index is 0.0649. The van der Waals surface area contributed by atoms with Crippen LogP contribution in [0.4, 0.5) is 10.5 Å². The fourth-order valence-electron chi connectivity index (χ4n) is 17.2. The molecule has 1 saturated heterocycles. The maximum absolute atomic E-state index is 16.5. The van der Waals surface area contributed by atoms with E-state index >= 15 is 28.8 Å². The number of methoxy groups -OCH3 is 2. The van der Waals surface area contributed by atoms with Gasteiger partial charge < -0.3 is 128 Å². The van der Waals surface area contributed by atoms with Gasteiger partial charge in [-0.15, -0.1) is 0 Å². The molecule has 0 aromatic heterocycles. The van der Waals surface area contributed by atoms with E-state index in [1.165, 1.54) is 43.4 Å². The van der Waals surface area contributed by atoms with E-state index < -0.39 is 197 Å². The summed E-state index contributed by atoms with van der Waals surface area (Å²) in [6.07, 6.45) is -10.3. The first-order chi connectivity index (χ1) is 58.4. The predicted octanol–water partition coefficient (Wildman–Crippen LogP) is 3.53. The van der Waals surface area contributed by atoms with Gasteiger partial charge in [-0.05, 0) is 182 Å². The molecule has 3 unspecified atom stereocenters. The molecule has 10 amide bonds. The first-order valence-corrected chi connectivity index (χ1v) is 40.9. The molecule has 36 nitrogen and oxygen atoms in total. The fraction of sp³-hybridized carbons (Fsp3) is 0.464. The van der Waals surface area contributed by atoms with Crippen LogP contribution >= 0.6 is 23.2 Å². The maximum Gasteiger partial charge on any atom is 0.325 e. The molecular weight excluding hydrogens is 1630 g/mol. The number of amides is 10. The van der Waals surface area contributed by atoms with Crippen molar-refractivity contribution in [2.45, 2.75) is 150 Å². The molecule has 6 aliphatic heterocycles. The molecule has 654 valence electrons. The summed E-state index contributed by atoms with van der Waals surface area (Å²) in [6.45, 7) is 6.12. The maximum atomic E-state index is 16.5. The smallest absolute Gasteiger partial charge is 0.325 e. The number of hydrogen-bond donors (Lipinski definition) is 19. The lowest BCUT2D eigenvalue weighted by Gasteiger charge is -2.54. The van der Waals surface area contributed by atoms with Crippen molar-refractivity contribution >= 4 is 82.2 Å². The van der Waals surface area contributed by atoms with Gasteiger partial charge in [-0.2, -0.15) is 0 Å². The Balaban J connectivity index is 0.950. The number of aliphatic hydroxyl groups is 5. The Morgan fingerprint density at radius 3 is 1.82 bits per heavy atom. The minimum atomic E-state index is -2.39. The standard InChI is InChI=1S/C84H100Cl2N12O24/c1-37(2)22-53(88-3)76(108)96-68-70(103)41-7-14-57(51(85)29-41)119-59-31-45-32-60(75(59)122-83-74(107)73(106)72(105)61(36-87)121-83)120-58-15-8-42(30-52(58)86)71(104)69-82(114)95-67(80(112)92-64-43-24-38-23-39(26-43)27-44(64)25-38)50-33-47(99)34-56(101)63(50)49-28-40(6-13-55(49)100)65(78(110)97-69)94-79(111)66(45)93-77(109)54(90-81(68)113)35-62(102)91-84(115)89-46-9-11-48(12-10-46)118-21-18-98(16-19-116-4)17-20-117-5/h6-15,28-34,37-39,43-44,53-54,61,64-74,83,88,99-101,103-107H,16-27,35-36,87H2,1-5H3,(H,90,113)(H,92,112)(H,93,109)(H,94,111)(H,95,114)(H,96,108)(H,97,110)(H2,89,91,102,115)/t38?,39?,43?,44?,53-,54?,61-,64?,65-,66?,67-,68?,69+,70-,71-,72-,73+,74-,83-/m1/s1. The van der Waals surface area contributed by atoms with Gasteiger partial charge in [-0.3, -0.25) is 48.6 Å². The number of nitrogens with zero attached hydrogens (tertiary/aromatic N) is 1. The van der Waals surface area contributed by atoms with E-state index in [1.807, 2.05) is 13.8 Å². The van der Waals surface area contributed by atoms with E-state index in [2.05, 4.69) is 58.1 Å². The number of nitrogens with two attached hydrogens (primary N) is 1. The van der Waals surface area contributed by atoms with E-state index in [1.54, 1.807) is 26.4 Å². The number of aliphatic hydroxyl groups excluding tert-OH is 5. The monoisotopic (exact) mass is 1730 g/mol. The number of halogens is 2. The summed E-state index contributed by atoms with van der Waals surface area (Å²) in [5.74, 6) is -13.1. The summed E-state index contributed by atoms with van der Waals surface area (Å²) in [5.41, 5.74) is 3.96. The average molecular weight is 1730 g/mol. The number of aromatic hydroxyl groups is 3. The summed E-state index contributed by atoms with van der Waals surface area (Å²) in [5, 5.41) is 120. The highest BCUT2D eigenvalue weighted by Crippen LogP contribution is 2.55. The molecule has 4 aliphatic carbocycles. The van der Waals surface area contributed by atoms with Crippen molar-refractivity contribution in [2.75, 3.05) is 72.6 Å². The number of benzene rings is 6. The number of carbonyl (C=O) groups is 9. The zero-order valence-electron chi connectivity index (χ0n) is 67.2. The van der Waals surface area contributed by atoms with Crippen molar-refractivity contribution < 1.29 is 117 Å². The van der Waals surface area contributed by atoms with Crippen LogP contribution in [0, 0.1) is 29.6 Å². The molecule has 4 saturated carbocycles. The van der Waals surface area contributed by atoms with Crippen molar-refractivity contribution in [1.29, 1.82) is 0 Å². The highest BCUT2D eigenvalue weighted by Gasteiger charge is 2.51. The molecule has 122 heavy (non-hydrogen) atoms. The fourth-order valence-corrected chi connectivity index (χ4v) is 17.7. The SMILES string of the molecule is CN[C@H](CC(C)C)C(=O)NC1C(=O)NC(CC(=O)NC(=O)Nc2ccc(OCCN(CCOC)CCOC)cc2)C(=O)NC2C(=O)N[C@H]3C(=O)N[C@H](C(=O)N[C@@H](C(=O)NC4C5CC6CC(C5)CC4C6)c4cc(O)cc(O)c4-c4cc3ccc4O)[C@H](O)c3ccc(c(Cl)c3)Oc3cc2cc(c3O[C@H]2O[C@H](CN)[C@@H](O)[C@H](O)[C@H]2O)Oc2ccc(cc2Cl)[C@H]1O. The summed E-state index contributed by atoms with van der Waals surface area (Å²) < 4.78 is 42.1. The number of hydrogen-bond acceptors (Lipinski definition) is 27. The van der Waals surface area contributed by atoms with Gasteiger partial charge in [0.25, 0.3) is 0 Å². The second kappa shape index (κ2) is 38.8. The van der Waals surface area contributed by atoms with Crippen LogP contribution in [0.15, 0.2) is 103 Å². The van der Waals surface area contributed by atoms with Crippen molar-refractivity contribution in [3.05, 3.63) is 141 Å². The molecule has 15 bridgehead atoms. The lowest BCUT2D eigenvalue weighted by molar-refractivity contribution is -0.270. The van der Waals surface area contributed by atoms with Crippen LogP contribution in [0.25, 0.3) is 11.1 Å². The zero-order valence-corrected chi connectivity index (χ0v) is 68.7. The number of carbonyl (C=O) groups excluding carboxylic acids is 9. The quantitative estimate of drug-likeness (QED) is 0.0436. The Morgan fingerprint density at radius 2 is 1.21 bits per heavy atom. The number of rotatable bonds is 23. The van der Waals surface area contributed by atoms with Gasteiger partial charge >= 0.3 is 6.03 Å². The first-order valence-electron chi connectivity index (χ1n) is 40.2. The molecule has 10 aliphatic rings. The van der Waals surface area contributed by atoms with Crippen molar-refractivity contribution in [3.63, 3.8) is 0 Å². The number of urea groups is 1. The molecule has 0 spiro atoms. The number of fused-ring (bicyclic) bond motifs is 15. The van der Waals surface area contributed by atoms with E-state index in [0.29, 0.717) is 50.4 Å². The molecular formula is C84H100Cl2N12O24. The minimum Gasteiger partial charge on any atom is -0.508 e. The van der Waals surface area contributed by atoms with E-state index in [4.69, 9.17) is 62.1 Å². The second-order valence-electron chi connectivity index (χ2n) is 32.1. The molecule has 20 N–H and O–H groups in total. The van der Waals surface area contributed by atoms with E-state index in [-0.39, 0.29) is 92.4 Å². The molecule has 6 aromatic rings. The third kappa shape index (κ3) is 20.1. The van der Waals surface area contributed by atoms with Crippen LogP contribution in [0.3, 0.4) is 0 Å². The number of likely N-dealkylation sites (N-methyl/N-ethyl adjacent to an activating group) is 1. The van der Waals surface area contributed by atoms with Gasteiger partial charge in [0.1, 0.15) is 114 Å². The normalized spacial score (nSPS) is 27.0. The Kier molecular flexibility index (Phi) is 28.3. The molecule has 14 atom stereocenters. The van der Waals surface area contributed by atoms with Crippen molar-refractivity contribution in [1.82, 2.24) is 52.8 Å². The molecule has 38 heteroatoms. The van der Waals surface area contributed by atoms with E-state index in [0.717, 1.165) is 86.7 Å². The Labute approximate surface area is 710 Å². The predicted molar refractivity (Wildman–Crippen MR) is 436 cm³/mol. The Morgan fingerprint density at radius 1 is 0.615 bits per heavy atom. The van der Waals surface area contributed by atoms with Gasteiger partial charge in [-0.25, -0.2) is 4.79 Å². The number of phenols is 3. The van der Waals surface area contributed by atoms with Gasteiger partial charge in [0.05, 0.1) is 35.7 Å². The summed E-state index contributed by atoms with van der Waals surface area (Å²) in [7, 11) is 4.66. The lowest BCUT2D eigenvalue weighted by Crippen LogP contribution is -2.60. The molecule has 5 fully saturated rings. The van der Waals surface area contributed by atoms with Crippen molar-refractivity contribution in [2.24, 2.45) is 35.3 Å². The zero-order chi connectivity index (χ0) is 87.2. The van der Waals surface area contributed by atoms with Crippen LogP contribution in [0.1, 0.15) is 117 Å². The van der Waals surface area contributed by atoms with Crippen molar-refractivity contribution in [3.8, 4) is 62.9 Å². The summed E-state index contributed by atoms with van der Waals surface area (Å²) >= 11 is 14.3. The van der Waals surface area contributed by atoms with Gasteiger partial charge in [0.2, 0.25) is 59.3 Å². The second-order valence-corrected chi connectivity index (χ2v) is 32.9. The van der Waals surface area contributed by atoms with Crippen LogP contribution in [0.2, 0.25) is 10.0 Å². The van der Waals surface area contributed by atoms with Crippen LogP contribution in [-0.4, -0.2) is 227 Å². The molecule has 16 rings (SSSR count). The Bertz CT molecular complexity index is 4880. The highest BCUT2D eigenvalue weighted by atomic mass is 35.5.